The zero-order valence-corrected chi connectivity index (χ0v) is 14.7. The van der Waals surface area contributed by atoms with Crippen LogP contribution >= 0.6 is 0 Å². The number of benzene rings is 3. The van der Waals surface area contributed by atoms with E-state index in [4.69, 9.17) is 4.52 Å². The summed E-state index contributed by atoms with van der Waals surface area (Å²) in [5, 5.41) is 9.47. The largest absolute Gasteiger partial charge is 0.356 e. The van der Waals surface area contributed by atoms with Crippen LogP contribution in [0, 0.1) is 0 Å². The van der Waals surface area contributed by atoms with Crippen LogP contribution < -0.4 is 5.32 Å². The van der Waals surface area contributed by atoms with Gasteiger partial charge in [-0.3, -0.25) is 4.79 Å². The summed E-state index contributed by atoms with van der Waals surface area (Å²) >= 11 is 0. The first kappa shape index (κ1) is 15.8. The van der Waals surface area contributed by atoms with Crippen molar-refractivity contribution in [1.82, 2.24) is 5.16 Å². The molecule has 0 saturated heterocycles. The lowest BCUT2D eigenvalue weighted by molar-refractivity contribution is -0.118. The van der Waals surface area contributed by atoms with E-state index in [2.05, 4.69) is 10.5 Å². The van der Waals surface area contributed by atoms with Gasteiger partial charge in [0.2, 0.25) is 5.91 Å². The molecule has 27 heavy (non-hydrogen) atoms. The van der Waals surface area contributed by atoms with Crippen molar-refractivity contribution in [2.45, 2.75) is 18.3 Å². The maximum atomic E-state index is 13.1. The first-order valence-electron chi connectivity index (χ1n) is 9.08. The van der Waals surface area contributed by atoms with Gasteiger partial charge in [0.25, 0.3) is 0 Å². The average Bonchev–Trinajstić information content (AvgIpc) is 3.39. The Morgan fingerprint density at radius 1 is 0.926 bits per heavy atom. The third-order valence-electron chi connectivity index (χ3n) is 5.28. The number of carbonyl (C=O) groups excluding carboxylic acids is 1. The summed E-state index contributed by atoms with van der Waals surface area (Å²) in [4.78, 5) is 13.1. The monoisotopic (exact) mass is 354 g/mol. The minimum atomic E-state index is -0.590. The third kappa shape index (κ3) is 2.70. The van der Waals surface area contributed by atoms with E-state index in [1.54, 1.807) is 0 Å². The molecule has 132 valence electrons. The third-order valence-corrected chi connectivity index (χ3v) is 5.28. The summed E-state index contributed by atoms with van der Waals surface area (Å²) in [6.07, 6.45) is 1.56. The topological polar surface area (TPSA) is 55.1 Å². The Morgan fingerprint density at radius 2 is 1.67 bits per heavy atom. The number of nitrogens with one attached hydrogen (secondary N) is 1. The number of hydrogen-bond donors (Lipinski definition) is 1. The van der Waals surface area contributed by atoms with Gasteiger partial charge in [0, 0.05) is 22.7 Å². The summed E-state index contributed by atoms with van der Waals surface area (Å²) in [6.45, 7) is 0. The molecular weight excluding hydrogens is 336 g/mol. The van der Waals surface area contributed by atoms with Crippen molar-refractivity contribution >= 4 is 22.4 Å². The first-order chi connectivity index (χ1) is 13.3. The summed E-state index contributed by atoms with van der Waals surface area (Å²) in [5.41, 5.74) is 1.91. The summed E-state index contributed by atoms with van der Waals surface area (Å²) in [5.74, 6) is 0.668. The molecule has 0 spiro atoms. The van der Waals surface area contributed by atoms with Gasteiger partial charge in [-0.05, 0) is 24.3 Å². The van der Waals surface area contributed by atoms with Crippen LogP contribution in [-0.4, -0.2) is 11.1 Å². The number of carbonyl (C=O) groups is 1. The highest BCUT2D eigenvalue weighted by molar-refractivity contribution is 6.07. The highest BCUT2D eigenvalue weighted by atomic mass is 16.5. The summed E-state index contributed by atoms with van der Waals surface area (Å²) in [7, 11) is 0. The van der Waals surface area contributed by atoms with Crippen molar-refractivity contribution in [2.24, 2.45) is 0 Å². The van der Waals surface area contributed by atoms with Crippen molar-refractivity contribution < 1.29 is 9.32 Å². The lowest BCUT2D eigenvalue weighted by Gasteiger charge is -2.14. The molecule has 0 radical (unpaired) electrons. The second-order valence-corrected chi connectivity index (χ2v) is 7.01. The molecule has 4 nitrogen and oxygen atoms in total. The molecule has 5 rings (SSSR count). The predicted octanol–water partition coefficient (Wildman–Crippen LogP) is 5.17. The van der Waals surface area contributed by atoms with Crippen LogP contribution in [0.2, 0.25) is 0 Å². The first-order valence-corrected chi connectivity index (χ1v) is 9.08. The normalized spacial score (nSPS) is 14.8. The van der Waals surface area contributed by atoms with Crippen molar-refractivity contribution in [3.05, 3.63) is 84.6 Å². The fraction of sp³-hybridized carbons (Fsp3) is 0.130. The number of amides is 1. The molecule has 0 atom stereocenters. The Kier molecular flexibility index (Phi) is 3.57. The zero-order chi connectivity index (χ0) is 18.3. The maximum absolute atomic E-state index is 13.1. The lowest BCUT2D eigenvalue weighted by Crippen LogP contribution is -2.28. The second kappa shape index (κ2) is 6.09. The molecule has 4 aromatic rings. The molecule has 1 N–H and O–H groups in total. The molecule has 3 aromatic carbocycles. The van der Waals surface area contributed by atoms with Crippen LogP contribution in [0.1, 0.15) is 18.5 Å². The molecule has 0 aliphatic heterocycles. The van der Waals surface area contributed by atoms with Crippen molar-refractivity contribution in [2.75, 3.05) is 5.32 Å². The van der Waals surface area contributed by atoms with Crippen molar-refractivity contribution in [3.8, 4) is 11.3 Å². The predicted molar refractivity (Wildman–Crippen MR) is 105 cm³/mol. The van der Waals surface area contributed by atoms with Gasteiger partial charge in [-0.15, -0.1) is 0 Å². The van der Waals surface area contributed by atoms with Crippen LogP contribution in [0.5, 0.6) is 0 Å². The molecule has 1 aliphatic carbocycles. The van der Waals surface area contributed by atoms with Gasteiger partial charge in [-0.2, -0.15) is 0 Å². The van der Waals surface area contributed by atoms with E-state index in [1.165, 1.54) is 0 Å². The van der Waals surface area contributed by atoms with Gasteiger partial charge < -0.3 is 9.84 Å². The van der Waals surface area contributed by atoms with Gasteiger partial charge in [0.05, 0.1) is 11.1 Å². The van der Waals surface area contributed by atoms with Crippen molar-refractivity contribution in [1.29, 1.82) is 0 Å². The van der Waals surface area contributed by atoms with Gasteiger partial charge in [0.1, 0.15) is 0 Å². The number of rotatable bonds is 4. The number of nitrogens with zero attached hydrogens (tertiary/aromatic N) is 1. The summed E-state index contributed by atoms with van der Waals surface area (Å²) < 4.78 is 5.52. The van der Waals surface area contributed by atoms with Gasteiger partial charge in [0.15, 0.2) is 5.76 Å². The number of anilines is 1. The van der Waals surface area contributed by atoms with Crippen molar-refractivity contribution in [3.63, 3.8) is 0 Å². The smallest absolute Gasteiger partial charge is 0.236 e. The number of fused-ring (bicyclic) bond motifs is 1. The molecule has 0 bridgehead atoms. The molecule has 0 unspecified atom stereocenters. The summed E-state index contributed by atoms with van der Waals surface area (Å²) in [6, 6.07) is 25.7. The van der Waals surface area contributed by atoms with Gasteiger partial charge in [-0.25, -0.2) is 0 Å². The molecule has 1 amide bonds. The Bertz CT molecular complexity index is 1120. The number of aromatic nitrogens is 1. The van der Waals surface area contributed by atoms with Gasteiger partial charge in [-0.1, -0.05) is 71.9 Å². The highest BCUT2D eigenvalue weighted by Crippen LogP contribution is 2.49. The molecule has 1 heterocycles. The quantitative estimate of drug-likeness (QED) is 0.550. The van der Waals surface area contributed by atoms with E-state index in [-0.39, 0.29) is 5.91 Å². The Labute approximate surface area is 156 Å². The Morgan fingerprint density at radius 3 is 2.48 bits per heavy atom. The maximum Gasteiger partial charge on any atom is 0.236 e. The van der Waals surface area contributed by atoms with E-state index in [0.29, 0.717) is 11.5 Å². The van der Waals surface area contributed by atoms with Crippen LogP contribution in [0.15, 0.2) is 83.4 Å². The molecule has 1 aliphatic rings. The zero-order valence-electron chi connectivity index (χ0n) is 14.7. The molecular formula is C23H18N2O2. The fourth-order valence-electron chi connectivity index (χ4n) is 3.54. The minimum absolute atomic E-state index is 0.0215. The van der Waals surface area contributed by atoms with E-state index in [0.717, 1.165) is 34.9 Å². The SMILES string of the molecule is O=C(Nc1cccc2ccccc12)C1(c2cc(-c3ccccc3)on2)CC1. The lowest BCUT2D eigenvalue weighted by atomic mass is 9.99. The molecule has 1 aromatic heterocycles. The highest BCUT2D eigenvalue weighted by Gasteiger charge is 2.53. The standard InChI is InChI=1S/C23H18N2O2/c26-22(24-19-12-6-10-16-7-4-5-11-18(16)19)23(13-14-23)21-15-20(27-25-21)17-8-2-1-3-9-17/h1-12,15H,13-14H2,(H,24,26). The van der Waals surface area contributed by atoms with Crippen LogP contribution in [0.3, 0.4) is 0 Å². The van der Waals surface area contributed by atoms with E-state index in [1.807, 2.05) is 78.9 Å². The minimum Gasteiger partial charge on any atom is -0.356 e. The van der Waals surface area contributed by atoms with Gasteiger partial charge >= 0.3 is 0 Å². The Hall–Kier alpha value is -3.40. The average molecular weight is 354 g/mol. The molecule has 1 fully saturated rings. The van der Waals surface area contributed by atoms with Crippen LogP contribution in [0.4, 0.5) is 5.69 Å². The number of hydrogen-bond acceptors (Lipinski definition) is 3. The van der Waals surface area contributed by atoms with Crippen LogP contribution in [0.25, 0.3) is 22.1 Å². The van der Waals surface area contributed by atoms with Crippen LogP contribution in [-0.2, 0) is 10.2 Å². The van der Waals surface area contributed by atoms with E-state index < -0.39 is 5.41 Å². The van der Waals surface area contributed by atoms with E-state index in [9.17, 15) is 4.79 Å². The van der Waals surface area contributed by atoms with E-state index >= 15 is 0 Å². The Balaban J connectivity index is 1.44. The fourth-order valence-corrected chi connectivity index (χ4v) is 3.54. The molecule has 1 saturated carbocycles. The second-order valence-electron chi connectivity index (χ2n) is 7.01. The molecule has 4 heteroatoms.